The van der Waals surface area contributed by atoms with Gasteiger partial charge in [0.2, 0.25) is 6.29 Å². The molecule has 1 heterocycles. The summed E-state index contributed by atoms with van der Waals surface area (Å²) in [5.41, 5.74) is 2.93. The largest absolute Gasteiger partial charge is 0.458 e. The number of hydrogen-bond donors (Lipinski definition) is 1. The van der Waals surface area contributed by atoms with Crippen molar-refractivity contribution in [3.63, 3.8) is 0 Å². The van der Waals surface area contributed by atoms with E-state index >= 15 is 0 Å². The van der Waals surface area contributed by atoms with E-state index in [4.69, 9.17) is 9.47 Å². The Labute approximate surface area is 177 Å². The molecule has 2 atom stereocenters. The second-order valence-corrected chi connectivity index (χ2v) is 7.54. The summed E-state index contributed by atoms with van der Waals surface area (Å²) in [5.74, 6) is -0.717. The van der Waals surface area contributed by atoms with Crippen LogP contribution < -0.4 is 0 Å². The average molecular weight is 408 g/mol. The van der Waals surface area contributed by atoms with Crippen molar-refractivity contribution in [1.82, 2.24) is 0 Å². The molecule has 1 aliphatic rings. The maximum Gasteiger partial charge on any atom is 0.333 e. The van der Waals surface area contributed by atoms with Crippen molar-refractivity contribution in [2.45, 2.75) is 57.3 Å². The molecule has 1 N–H and O–H groups in total. The molecule has 0 fully saturated rings. The zero-order valence-electron chi connectivity index (χ0n) is 17.2. The predicted molar refractivity (Wildman–Crippen MR) is 114 cm³/mol. The molecule has 0 bridgehead atoms. The second-order valence-electron chi connectivity index (χ2n) is 7.54. The molecular formula is C25H28O5. The summed E-state index contributed by atoms with van der Waals surface area (Å²) >= 11 is 0. The van der Waals surface area contributed by atoms with Crippen molar-refractivity contribution in [2.75, 3.05) is 0 Å². The first-order valence-electron chi connectivity index (χ1n) is 10.4. The highest BCUT2D eigenvalue weighted by molar-refractivity contribution is 5.86. The quantitative estimate of drug-likeness (QED) is 0.463. The lowest BCUT2D eigenvalue weighted by Crippen LogP contribution is -2.25. The van der Waals surface area contributed by atoms with Crippen molar-refractivity contribution in [1.29, 1.82) is 0 Å². The Morgan fingerprint density at radius 3 is 2.03 bits per heavy atom. The van der Waals surface area contributed by atoms with E-state index in [2.05, 4.69) is 48.5 Å². The molecule has 5 nitrogen and oxygen atoms in total. The third-order valence-corrected chi connectivity index (χ3v) is 5.34. The summed E-state index contributed by atoms with van der Waals surface area (Å²) in [6.45, 7) is 1.32. The number of cyclic esters (lactones) is 1. The van der Waals surface area contributed by atoms with E-state index in [0.29, 0.717) is 17.9 Å². The van der Waals surface area contributed by atoms with Gasteiger partial charge >= 0.3 is 11.9 Å². The van der Waals surface area contributed by atoms with Crippen LogP contribution in [0.5, 0.6) is 0 Å². The minimum Gasteiger partial charge on any atom is -0.458 e. The maximum absolute atomic E-state index is 11.4. The van der Waals surface area contributed by atoms with Crippen LogP contribution in [0.25, 0.3) is 0 Å². The number of hydrogen-bond acceptors (Lipinski definition) is 5. The van der Waals surface area contributed by atoms with Crippen molar-refractivity contribution < 1.29 is 24.2 Å². The van der Waals surface area contributed by atoms with Crippen molar-refractivity contribution in [3.8, 4) is 0 Å². The molecule has 0 radical (unpaired) electrons. The van der Waals surface area contributed by atoms with Crippen LogP contribution in [0.3, 0.4) is 0 Å². The highest BCUT2D eigenvalue weighted by Crippen LogP contribution is 2.30. The Morgan fingerprint density at radius 1 is 0.967 bits per heavy atom. The lowest BCUT2D eigenvalue weighted by molar-refractivity contribution is -0.153. The molecule has 2 aromatic carbocycles. The zero-order chi connectivity index (χ0) is 21.3. The Balaban J connectivity index is 1.55. The molecule has 0 saturated carbocycles. The smallest absolute Gasteiger partial charge is 0.333 e. The third kappa shape index (κ3) is 6.04. The first kappa shape index (κ1) is 21.8. The number of carbonyl (C=O) groups is 2. The fraction of sp³-hybridized carbons (Fsp3) is 0.360. The number of ether oxygens (including phenoxy) is 2. The number of carbonyl (C=O) groups excluding carboxylic acids is 2. The minimum absolute atomic E-state index is 0.321. The number of benzene rings is 2. The number of esters is 2. The Hall–Kier alpha value is -2.92. The Morgan fingerprint density at radius 2 is 1.53 bits per heavy atom. The highest BCUT2D eigenvalue weighted by Gasteiger charge is 2.31. The van der Waals surface area contributed by atoms with Gasteiger partial charge in [-0.3, -0.25) is 4.79 Å². The van der Waals surface area contributed by atoms with Crippen LogP contribution in [0.1, 0.15) is 56.1 Å². The lowest BCUT2D eigenvalue weighted by Gasteiger charge is -2.20. The minimum atomic E-state index is -1.33. The molecule has 2 aromatic rings. The summed E-state index contributed by atoms with van der Waals surface area (Å²) < 4.78 is 10.0. The van der Waals surface area contributed by atoms with Gasteiger partial charge in [0.15, 0.2) is 0 Å². The molecule has 0 amide bonds. The van der Waals surface area contributed by atoms with Gasteiger partial charge in [0, 0.05) is 24.5 Å². The SMILES string of the molecule is CC(=O)OC(CCCCCC(c1ccccc1)c1ccccc1)C1=CC(=O)OC1O. The van der Waals surface area contributed by atoms with E-state index < -0.39 is 24.3 Å². The third-order valence-electron chi connectivity index (χ3n) is 5.34. The second kappa shape index (κ2) is 10.7. The fourth-order valence-corrected chi connectivity index (χ4v) is 3.92. The molecule has 2 unspecified atom stereocenters. The van der Waals surface area contributed by atoms with Gasteiger partial charge in [-0.2, -0.15) is 0 Å². The lowest BCUT2D eigenvalue weighted by atomic mass is 9.86. The molecule has 158 valence electrons. The zero-order valence-corrected chi connectivity index (χ0v) is 17.2. The standard InChI is InChI=1S/C25H28O5/c1-18(26)29-23(22-17-24(27)30-25(22)28)16-10-4-9-15-21(19-11-5-2-6-12-19)20-13-7-3-8-14-20/h2-3,5-8,11-14,17,21,23,25,28H,4,9-10,15-16H2,1H3. The van der Waals surface area contributed by atoms with Crippen LogP contribution in [0.2, 0.25) is 0 Å². The first-order valence-corrected chi connectivity index (χ1v) is 10.4. The normalized spacial score (nSPS) is 16.8. The number of unbranched alkanes of at least 4 members (excludes halogenated alkanes) is 2. The van der Waals surface area contributed by atoms with Crippen molar-refractivity contribution in [3.05, 3.63) is 83.4 Å². The van der Waals surface area contributed by atoms with Gasteiger partial charge in [0.1, 0.15) is 6.10 Å². The van der Waals surface area contributed by atoms with Gasteiger partial charge in [-0.1, -0.05) is 73.5 Å². The highest BCUT2D eigenvalue weighted by atomic mass is 16.6. The summed E-state index contributed by atoms with van der Waals surface area (Å²) in [4.78, 5) is 22.8. The van der Waals surface area contributed by atoms with Gasteiger partial charge in [0.05, 0.1) is 0 Å². The van der Waals surface area contributed by atoms with E-state index in [1.165, 1.54) is 24.1 Å². The van der Waals surface area contributed by atoms with Crippen LogP contribution in [0.4, 0.5) is 0 Å². The van der Waals surface area contributed by atoms with E-state index in [9.17, 15) is 14.7 Å². The summed E-state index contributed by atoms with van der Waals surface area (Å²) in [6, 6.07) is 21.0. The first-order chi connectivity index (χ1) is 14.5. The summed E-state index contributed by atoms with van der Waals surface area (Å²) in [6.07, 6.45) is 3.58. The number of rotatable bonds is 10. The van der Waals surface area contributed by atoms with Gasteiger partial charge in [-0.05, 0) is 30.4 Å². The number of aliphatic hydroxyl groups excluding tert-OH is 1. The average Bonchev–Trinajstić information content (AvgIpc) is 3.08. The predicted octanol–water partition coefficient (Wildman–Crippen LogP) is 4.50. The molecule has 0 aromatic heterocycles. The van der Waals surface area contributed by atoms with Crippen LogP contribution in [-0.4, -0.2) is 29.4 Å². The van der Waals surface area contributed by atoms with Gasteiger partial charge < -0.3 is 14.6 Å². The monoisotopic (exact) mass is 408 g/mol. The molecule has 0 saturated heterocycles. The number of aliphatic hydroxyl groups is 1. The van der Waals surface area contributed by atoms with Gasteiger partial charge in [-0.15, -0.1) is 0 Å². The van der Waals surface area contributed by atoms with Crippen LogP contribution >= 0.6 is 0 Å². The summed E-state index contributed by atoms with van der Waals surface area (Å²) in [5, 5.41) is 9.87. The molecule has 0 aliphatic carbocycles. The molecule has 30 heavy (non-hydrogen) atoms. The van der Waals surface area contributed by atoms with Crippen molar-refractivity contribution >= 4 is 11.9 Å². The van der Waals surface area contributed by atoms with Gasteiger partial charge in [0.25, 0.3) is 0 Å². The topological polar surface area (TPSA) is 72.8 Å². The molecule has 0 spiro atoms. The van der Waals surface area contributed by atoms with E-state index in [1.54, 1.807) is 0 Å². The van der Waals surface area contributed by atoms with Crippen LogP contribution in [0.15, 0.2) is 72.3 Å². The van der Waals surface area contributed by atoms with Crippen molar-refractivity contribution in [2.24, 2.45) is 0 Å². The molecule has 1 aliphatic heterocycles. The van der Waals surface area contributed by atoms with Crippen LogP contribution in [-0.2, 0) is 19.1 Å². The van der Waals surface area contributed by atoms with Crippen LogP contribution in [0, 0.1) is 0 Å². The van der Waals surface area contributed by atoms with Gasteiger partial charge in [-0.25, -0.2) is 4.79 Å². The Bertz CT molecular complexity index is 820. The molecule has 5 heteroatoms. The molecular weight excluding hydrogens is 380 g/mol. The van der Waals surface area contributed by atoms with E-state index in [-0.39, 0.29) is 0 Å². The summed E-state index contributed by atoms with van der Waals surface area (Å²) in [7, 11) is 0. The Kier molecular flexibility index (Phi) is 7.80. The maximum atomic E-state index is 11.4. The molecule has 3 rings (SSSR count). The fourth-order valence-electron chi connectivity index (χ4n) is 3.92. The van der Waals surface area contributed by atoms with E-state index in [1.807, 2.05) is 12.1 Å². The van der Waals surface area contributed by atoms with E-state index in [0.717, 1.165) is 25.7 Å².